The fourth-order valence-electron chi connectivity index (χ4n) is 2.34. The van der Waals surface area contributed by atoms with Crippen LogP contribution in [0.3, 0.4) is 0 Å². The summed E-state index contributed by atoms with van der Waals surface area (Å²) < 4.78 is 5.80. The number of thiazole rings is 1. The van der Waals surface area contributed by atoms with Gasteiger partial charge in [0.25, 0.3) is 0 Å². The zero-order chi connectivity index (χ0) is 12.5. The minimum Gasteiger partial charge on any atom is -0.472 e. The highest BCUT2D eigenvalue weighted by Crippen LogP contribution is 2.26. The van der Waals surface area contributed by atoms with E-state index < -0.39 is 0 Å². The Bertz CT molecular complexity index is 555. The summed E-state index contributed by atoms with van der Waals surface area (Å²) in [6.07, 6.45) is 3.46. The molecule has 3 rings (SSSR count). The molecule has 2 heterocycles. The summed E-state index contributed by atoms with van der Waals surface area (Å²) in [6, 6.07) is 3.76. The zero-order valence-electron chi connectivity index (χ0n) is 10.3. The van der Waals surface area contributed by atoms with Crippen LogP contribution in [-0.2, 0) is 0 Å². The van der Waals surface area contributed by atoms with E-state index in [0.717, 1.165) is 41.0 Å². The zero-order valence-corrected chi connectivity index (χ0v) is 11.1. The summed E-state index contributed by atoms with van der Waals surface area (Å²) in [5, 5.41) is 10.9. The lowest BCUT2D eigenvalue weighted by Gasteiger charge is -2.27. The van der Waals surface area contributed by atoms with E-state index in [2.05, 4.69) is 9.97 Å². The number of rotatable bonds is 2. The van der Waals surface area contributed by atoms with Crippen LogP contribution in [0, 0.1) is 6.92 Å². The number of hydrogen-bond donors (Lipinski definition) is 1. The van der Waals surface area contributed by atoms with E-state index in [1.807, 2.05) is 19.1 Å². The number of aryl methyl sites for hydroxylation is 1. The van der Waals surface area contributed by atoms with E-state index >= 15 is 0 Å². The summed E-state index contributed by atoms with van der Waals surface area (Å²) in [5.41, 5.74) is 0.911. The van der Waals surface area contributed by atoms with Crippen molar-refractivity contribution in [2.45, 2.75) is 44.8 Å². The first kappa shape index (κ1) is 11.9. The monoisotopic (exact) mass is 264 g/mol. The fourth-order valence-corrected chi connectivity index (χ4v) is 3.12. The Morgan fingerprint density at radius 3 is 2.94 bits per heavy atom. The molecule has 0 aromatic carbocycles. The molecule has 2 aromatic heterocycles. The Labute approximate surface area is 110 Å². The largest absolute Gasteiger partial charge is 0.472 e. The van der Waals surface area contributed by atoms with Crippen LogP contribution in [0.15, 0.2) is 12.1 Å². The van der Waals surface area contributed by atoms with Crippen LogP contribution >= 0.6 is 11.3 Å². The van der Waals surface area contributed by atoms with Crippen molar-refractivity contribution in [2.24, 2.45) is 0 Å². The second kappa shape index (κ2) is 4.82. The maximum Gasteiger partial charge on any atom is 0.215 e. The number of ether oxygens (including phenoxy) is 1. The molecule has 0 saturated heterocycles. The molecule has 2 aromatic rings. The molecule has 1 fully saturated rings. The highest BCUT2D eigenvalue weighted by Gasteiger charge is 2.25. The van der Waals surface area contributed by atoms with Gasteiger partial charge in [0.05, 0.1) is 11.1 Å². The molecule has 4 nitrogen and oxygen atoms in total. The third kappa shape index (κ3) is 2.33. The Kier molecular flexibility index (Phi) is 3.18. The van der Waals surface area contributed by atoms with Gasteiger partial charge in [0, 0.05) is 6.07 Å². The van der Waals surface area contributed by atoms with Crippen LogP contribution in [0.25, 0.3) is 10.3 Å². The van der Waals surface area contributed by atoms with E-state index in [1.54, 1.807) is 11.3 Å². The van der Waals surface area contributed by atoms with Crippen molar-refractivity contribution in [3.05, 3.63) is 17.1 Å². The van der Waals surface area contributed by atoms with Crippen LogP contribution in [0.1, 0.15) is 30.7 Å². The lowest BCUT2D eigenvalue weighted by molar-refractivity contribution is 0.00470. The second-order valence-electron chi connectivity index (χ2n) is 4.71. The van der Waals surface area contributed by atoms with Crippen LogP contribution < -0.4 is 4.74 Å². The minimum atomic E-state index is -0.362. The van der Waals surface area contributed by atoms with Crippen molar-refractivity contribution in [2.75, 3.05) is 0 Å². The van der Waals surface area contributed by atoms with Crippen molar-refractivity contribution in [1.82, 2.24) is 9.97 Å². The summed E-state index contributed by atoms with van der Waals surface area (Å²) in [4.78, 5) is 9.71. The molecular weight excluding hydrogens is 248 g/mol. The maximum absolute atomic E-state index is 9.89. The van der Waals surface area contributed by atoms with Crippen molar-refractivity contribution in [3.63, 3.8) is 0 Å². The molecule has 96 valence electrons. The Hall–Kier alpha value is -1.20. The molecule has 0 spiro atoms. The molecule has 1 aliphatic carbocycles. The normalized spacial score (nSPS) is 24.3. The molecule has 1 saturated carbocycles. The van der Waals surface area contributed by atoms with Crippen molar-refractivity contribution in [3.8, 4) is 5.88 Å². The van der Waals surface area contributed by atoms with Crippen molar-refractivity contribution in [1.29, 1.82) is 0 Å². The third-order valence-corrected chi connectivity index (χ3v) is 4.16. The van der Waals surface area contributed by atoms with Gasteiger partial charge in [0.1, 0.15) is 16.5 Å². The van der Waals surface area contributed by atoms with Gasteiger partial charge < -0.3 is 9.84 Å². The summed E-state index contributed by atoms with van der Waals surface area (Å²) in [6.45, 7) is 1.97. The van der Waals surface area contributed by atoms with Crippen LogP contribution in [-0.4, -0.2) is 27.3 Å². The number of nitrogens with zero attached hydrogens (tertiary/aromatic N) is 2. The highest BCUT2D eigenvalue weighted by atomic mass is 32.1. The Balaban J connectivity index is 1.81. The Morgan fingerprint density at radius 1 is 1.28 bits per heavy atom. The Morgan fingerprint density at radius 2 is 2.11 bits per heavy atom. The van der Waals surface area contributed by atoms with Gasteiger partial charge in [-0.3, -0.25) is 0 Å². The molecule has 1 N–H and O–H groups in total. The first-order chi connectivity index (χ1) is 8.72. The molecule has 0 bridgehead atoms. The molecule has 1 aliphatic rings. The van der Waals surface area contributed by atoms with Gasteiger partial charge in [-0.25, -0.2) is 9.97 Å². The summed E-state index contributed by atoms with van der Waals surface area (Å²) in [5.74, 6) is 0.595. The lowest BCUT2D eigenvalue weighted by atomic mass is 9.95. The van der Waals surface area contributed by atoms with Gasteiger partial charge in [0.15, 0.2) is 0 Å². The number of aliphatic hydroxyl groups excluding tert-OH is 1. The predicted octanol–water partition coefficient (Wildman–Crippen LogP) is 2.68. The second-order valence-corrected chi connectivity index (χ2v) is 5.90. The van der Waals surface area contributed by atoms with Gasteiger partial charge in [-0.15, -0.1) is 0 Å². The first-order valence-electron chi connectivity index (χ1n) is 6.31. The average molecular weight is 264 g/mol. The van der Waals surface area contributed by atoms with E-state index in [0.29, 0.717) is 5.88 Å². The van der Waals surface area contributed by atoms with E-state index in [-0.39, 0.29) is 12.2 Å². The molecule has 0 amide bonds. The molecule has 2 atom stereocenters. The standard InChI is InChI=1S/C13H16N2O2S/c1-8-14-9-6-7-12(15-13(9)18-8)17-11-5-3-2-4-10(11)16/h6-7,10-11,16H,2-5H2,1H3. The van der Waals surface area contributed by atoms with E-state index in [9.17, 15) is 5.11 Å². The summed E-state index contributed by atoms with van der Waals surface area (Å²) in [7, 11) is 0. The van der Waals surface area contributed by atoms with Gasteiger partial charge in [0.2, 0.25) is 5.88 Å². The first-order valence-corrected chi connectivity index (χ1v) is 7.13. The molecule has 18 heavy (non-hydrogen) atoms. The molecule has 5 heteroatoms. The topological polar surface area (TPSA) is 55.2 Å². The number of aliphatic hydroxyl groups is 1. The smallest absolute Gasteiger partial charge is 0.215 e. The maximum atomic E-state index is 9.89. The van der Waals surface area contributed by atoms with Gasteiger partial charge >= 0.3 is 0 Å². The molecule has 0 aliphatic heterocycles. The minimum absolute atomic E-state index is 0.113. The van der Waals surface area contributed by atoms with Crippen LogP contribution in [0.4, 0.5) is 0 Å². The molecule has 2 unspecified atom stereocenters. The predicted molar refractivity (Wildman–Crippen MR) is 71.0 cm³/mol. The van der Waals surface area contributed by atoms with Crippen LogP contribution in [0.5, 0.6) is 5.88 Å². The quantitative estimate of drug-likeness (QED) is 0.906. The van der Waals surface area contributed by atoms with Crippen molar-refractivity contribution < 1.29 is 9.84 Å². The molecular formula is C13H16N2O2S. The highest BCUT2D eigenvalue weighted by molar-refractivity contribution is 7.18. The van der Waals surface area contributed by atoms with Gasteiger partial charge in [-0.05, 0) is 32.3 Å². The lowest BCUT2D eigenvalue weighted by Crippen LogP contribution is -2.34. The fraction of sp³-hybridized carbons (Fsp3) is 0.538. The third-order valence-electron chi connectivity index (χ3n) is 3.28. The SMILES string of the molecule is Cc1nc2ccc(OC3CCCCC3O)nc2s1. The number of fused-ring (bicyclic) bond motifs is 1. The summed E-state index contributed by atoms with van der Waals surface area (Å²) >= 11 is 1.56. The average Bonchev–Trinajstić information content (AvgIpc) is 2.71. The van der Waals surface area contributed by atoms with E-state index in [4.69, 9.17) is 4.74 Å². The number of pyridine rings is 1. The van der Waals surface area contributed by atoms with E-state index in [1.165, 1.54) is 0 Å². The number of hydrogen-bond acceptors (Lipinski definition) is 5. The number of aromatic nitrogens is 2. The molecule has 0 radical (unpaired) electrons. The van der Waals surface area contributed by atoms with Gasteiger partial charge in [-0.1, -0.05) is 17.8 Å². The van der Waals surface area contributed by atoms with Crippen molar-refractivity contribution >= 4 is 21.7 Å². The van der Waals surface area contributed by atoms with Gasteiger partial charge in [-0.2, -0.15) is 0 Å². The van der Waals surface area contributed by atoms with Crippen LogP contribution in [0.2, 0.25) is 0 Å².